The molecule has 0 heterocycles. The second-order valence-corrected chi connectivity index (χ2v) is 3.97. The number of esters is 1. The van der Waals surface area contributed by atoms with Crippen LogP contribution in [-0.4, -0.2) is 27.9 Å². The van der Waals surface area contributed by atoms with Gasteiger partial charge in [-0.1, -0.05) is 0 Å². The van der Waals surface area contributed by atoms with Crippen molar-refractivity contribution < 1.29 is 29.2 Å². The van der Waals surface area contributed by atoms with E-state index in [1.54, 1.807) is 6.92 Å². The lowest BCUT2D eigenvalue weighted by molar-refractivity contribution is -0.153. The van der Waals surface area contributed by atoms with Crippen molar-refractivity contribution in [2.45, 2.75) is 13.0 Å². The van der Waals surface area contributed by atoms with Crippen molar-refractivity contribution in [1.82, 2.24) is 0 Å². The average molecular weight is 309 g/mol. The summed E-state index contributed by atoms with van der Waals surface area (Å²) in [6, 6.07) is 0.992. The Bertz CT molecular complexity index is 449. The lowest BCUT2D eigenvalue weighted by atomic mass is 10.1. The Morgan fingerprint density at radius 3 is 2.65 bits per heavy atom. The van der Waals surface area contributed by atoms with Gasteiger partial charge in [0.2, 0.25) is 0 Å². The van der Waals surface area contributed by atoms with Crippen LogP contribution >= 0.6 is 15.9 Å². The van der Waals surface area contributed by atoms with Gasteiger partial charge in [-0.3, -0.25) is 0 Å². The predicted molar refractivity (Wildman–Crippen MR) is 59.0 cm³/mol. The van der Waals surface area contributed by atoms with E-state index in [2.05, 4.69) is 20.7 Å². The first-order valence-electron chi connectivity index (χ1n) is 4.64. The van der Waals surface area contributed by atoms with E-state index in [0.717, 1.165) is 6.07 Å². The summed E-state index contributed by atoms with van der Waals surface area (Å²) in [4.78, 5) is 11.2. The Morgan fingerprint density at radius 2 is 2.12 bits per heavy atom. The van der Waals surface area contributed by atoms with E-state index < -0.39 is 29.4 Å². The maximum Gasteiger partial charge on any atom is 0.339 e. The number of benzene rings is 1. The third-order valence-corrected chi connectivity index (χ3v) is 2.58. The number of phenolic OH excluding ortho intramolecular Hbond substituents is 2. The Kier molecular flexibility index (Phi) is 4.30. The van der Waals surface area contributed by atoms with Crippen molar-refractivity contribution in [1.29, 1.82) is 0 Å². The summed E-state index contributed by atoms with van der Waals surface area (Å²) in [5.74, 6) is -4.02. The fourth-order valence-electron chi connectivity index (χ4n) is 1.18. The molecule has 0 aromatic heterocycles. The number of hydrogen-bond donors (Lipinski definition) is 3. The van der Waals surface area contributed by atoms with E-state index in [-0.39, 0.29) is 16.6 Å². The molecule has 0 spiro atoms. The largest absolute Gasteiger partial charge is 0.504 e. The van der Waals surface area contributed by atoms with Crippen molar-refractivity contribution in [3.63, 3.8) is 0 Å². The lowest BCUT2D eigenvalue weighted by Gasteiger charge is -2.13. The van der Waals surface area contributed by atoms with Crippen molar-refractivity contribution in [3.8, 4) is 11.5 Å². The second-order valence-electron chi connectivity index (χ2n) is 3.11. The van der Waals surface area contributed by atoms with Gasteiger partial charge in [0.05, 0.1) is 11.1 Å². The molecule has 1 rings (SSSR count). The number of hydrogen-bond acceptors (Lipinski definition) is 5. The maximum absolute atomic E-state index is 13.1. The molecule has 1 aromatic rings. The molecule has 0 bridgehead atoms. The third kappa shape index (κ3) is 2.67. The van der Waals surface area contributed by atoms with Gasteiger partial charge in [0.1, 0.15) is 0 Å². The topological polar surface area (TPSA) is 87.0 Å². The van der Waals surface area contributed by atoms with Crippen molar-refractivity contribution in [2.75, 3.05) is 6.61 Å². The summed E-state index contributed by atoms with van der Waals surface area (Å²) in [6.07, 6.45) is -1.79. The van der Waals surface area contributed by atoms with Gasteiger partial charge in [-0.2, -0.15) is 0 Å². The molecule has 94 valence electrons. The summed E-state index contributed by atoms with van der Waals surface area (Å²) in [6.45, 7) is 1.59. The Labute approximate surface area is 105 Å². The predicted octanol–water partition coefficient (Wildman–Crippen LogP) is 1.60. The molecule has 1 atom stereocenters. The molecular weight excluding hydrogens is 299 g/mol. The lowest BCUT2D eigenvalue weighted by Crippen LogP contribution is -2.15. The van der Waals surface area contributed by atoms with Crippen LogP contribution in [0.3, 0.4) is 0 Å². The molecule has 7 heteroatoms. The van der Waals surface area contributed by atoms with Gasteiger partial charge in [0.15, 0.2) is 23.4 Å². The molecule has 1 unspecified atom stereocenters. The molecule has 0 aliphatic carbocycles. The van der Waals surface area contributed by atoms with Crippen LogP contribution in [0.4, 0.5) is 4.39 Å². The molecule has 0 aliphatic heterocycles. The minimum Gasteiger partial charge on any atom is -0.504 e. The van der Waals surface area contributed by atoms with Gasteiger partial charge in [0, 0.05) is 5.56 Å². The molecule has 0 radical (unpaired) electrons. The van der Waals surface area contributed by atoms with Gasteiger partial charge < -0.3 is 20.1 Å². The number of carbonyl (C=O) groups excluding carboxylic acids is 1. The zero-order chi connectivity index (χ0) is 13.2. The van der Waals surface area contributed by atoms with Crippen LogP contribution in [0.15, 0.2) is 10.5 Å². The van der Waals surface area contributed by atoms with E-state index in [1.807, 2.05) is 0 Å². The van der Waals surface area contributed by atoms with Gasteiger partial charge >= 0.3 is 5.97 Å². The van der Waals surface area contributed by atoms with E-state index in [1.165, 1.54) is 0 Å². The average Bonchev–Trinajstić information content (AvgIpc) is 2.30. The Balaban J connectivity index is 3.19. The van der Waals surface area contributed by atoms with E-state index in [4.69, 9.17) is 0 Å². The SMILES string of the molecule is CCOC(=O)C(O)c1cc(Br)c(F)c(O)c1O. The smallest absolute Gasteiger partial charge is 0.339 e. The van der Waals surface area contributed by atoms with Crippen LogP contribution in [0.5, 0.6) is 11.5 Å². The number of aliphatic hydroxyl groups is 1. The monoisotopic (exact) mass is 308 g/mol. The van der Waals surface area contributed by atoms with Crippen LogP contribution in [-0.2, 0) is 9.53 Å². The first kappa shape index (κ1) is 13.7. The molecule has 0 amide bonds. The number of phenols is 2. The Hall–Kier alpha value is -1.34. The minimum absolute atomic E-state index is 0.0466. The van der Waals surface area contributed by atoms with E-state index in [0.29, 0.717) is 0 Å². The summed E-state index contributed by atoms with van der Waals surface area (Å²) >= 11 is 2.78. The highest BCUT2D eigenvalue weighted by Crippen LogP contribution is 2.39. The van der Waals surface area contributed by atoms with Crippen LogP contribution in [0.25, 0.3) is 0 Å². The number of aromatic hydroxyl groups is 2. The molecule has 1 aromatic carbocycles. The van der Waals surface area contributed by atoms with E-state index in [9.17, 15) is 24.5 Å². The zero-order valence-electron chi connectivity index (χ0n) is 8.78. The number of halogens is 2. The molecule has 0 aliphatic rings. The highest BCUT2D eigenvalue weighted by molar-refractivity contribution is 9.10. The quantitative estimate of drug-likeness (QED) is 0.583. The molecule has 0 saturated heterocycles. The van der Waals surface area contributed by atoms with Gasteiger partial charge in [-0.15, -0.1) is 0 Å². The van der Waals surface area contributed by atoms with Crippen molar-refractivity contribution in [2.24, 2.45) is 0 Å². The summed E-state index contributed by atoms with van der Waals surface area (Å²) in [5, 5.41) is 28.2. The zero-order valence-corrected chi connectivity index (χ0v) is 10.4. The maximum atomic E-state index is 13.1. The highest BCUT2D eigenvalue weighted by Gasteiger charge is 2.26. The second kappa shape index (κ2) is 5.33. The van der Waals surface area contributed by atoms with Crippen LogP contribution < -0.4 is 0 Å². The van der Waals surface area contributed by atoms with Crippen molar-refractivity contribution in [3.05, 3.63) is 21.9 Å². The molecule has 5 nitrogen and oxygen atoms in total. The molecule has 0 saturated carbocycles. The molecule has 3 N–H and O–H groups in total. The summed E-state index contributed by atoms with van der Waals surface area (Å²) < 4.78 is 17.5. The number of ether oxygens (including phenoxy) is 1. The van der Waals surface area contributed by atoms with Gasteiger partial charge in [0.25, 0.3) is 0 Å². The number of rotatable bonds is 3. The van der Waals surface area contributed by atoms with E-state index >= 15 is 0 Å². The molecule has 0 fully saturated rings. The third-order valence-electron chi connectivity index (χ3n) is 2.00. The fourth-order valence-corrected chi connectivity index (χ4v) is 1.61. The standard InChI is InChI=1S/C10H10BrFO5/c1-2-17-10(16)8(14)4-3-5(11)6(12)9(15)7(4)13/h3,8,13-15H,2H2,1H3. The number of carbonyl (C=O) groups is 1. The first-order valence-corrected chi connectivity index (χ1v) is 5.44. The normalized spacial score (nSPS) is 12.2. The van der Waals surface area contributed by atoms with Gasteiger partial charge in [-0.25, -0.2) is 9.18 Å². The number of aliphatic hydroxyl groups excluding tert-OH is 1. The van der Waals surface area contributed by atoms with Crippen molar-refractivity contribution >= 4 is 21.9 Å². The Morgan fingerprint density at radius 1 is 1.53 bits per heavy atom. The summed E-state index contributed by atoms with van der Waals surface area (Å²) in [7, 11) is 0. The van der Waals surface area contributed by atoms with Crippen LogP contribution in [0, 0.1) is 5.82 Å². The van der Waals surface area contributed by atoms with Crippen LogP contribution in [0.1, 0.15) is 18.6 Å². The molecular formula is C10H10BrFO5. The highest BCUT2D eigenvalue weighted by atomic mass is 79.9. The van der Waals surface area contributed by atoms with Gasteiger partial charge in [-0.05, 0) is 28.9 Å². The summed E-state index contributed by atoms with van der Waals surface area (Å²) in [5.41, 5.74) is -0.339. The molecule has 17 heavy (non-hydrogen) atoms. The fraction of sp³-hybridized carbons (Fsp3) is 0.300. The minimum atomic E-state index is -1.79. The van der Waals surface area contributed by atoms with Crippen LogP contribution in [0.2, 0.25) is 0 Å². The first-order chi connectivity index (χ1) is 7.90.